The van der Waals surface area contributed by atoms with Crippen LogP contribution >= 0.6 is 0 Å². The summed E-state index contributed by atoms with van der Waals surface area (Å²) in [6, 6.07) is 12.3. The van der Waals surface area contributed by atoms with Crippen LogP contribution in [0.1, 0.15) is 46.5 Å². The van der Waals surface area contributed by atoms with Gasteiger partial charge in [-0.1, -0.05) is 19.1 Å². The standard InChI is InChI=1S/C20H24N2O3/c1-5-14(3)21-20(24)16-8-6-7-9-17(16)22-19(23)15-10-11-18(25-4)13(2)12-15/h6-12,14H,5H2,1-4H3,(H,21,24)(H,22,23)/t14-/m1/s1. The first-order valence-corrected chi connectivity index (χ1v) is 8.32. The van der Waals surface area contributed by atoms with E-state index >= 15 is 0 Å². The van der Waals surface area contributed by atoms with E-state index in [0.717, 1.165) is 17.7 Å². The fourth-order valence-electron chi connectivity index (χ4n) is 2.41. The van der Waals surface area contributed by atoms with Gasteiger partial charge in [-0.25, -0.2) is 0 Å². The van der Waals surface area contributed by atoms with Crippen molar-refractivity contribution in [2.45, 2.75) is 33.2 Å². The number of ether oxygens (including phenoxy) is 1. The van der Waals surface area contributed by atoms with E-state index in [1.807, 2.05) is 20.8 Å². The molecule has 2 amide bonds. The van der Waals surface area contributed by atoms with Gasteiger partial charge in [-0.05, 0) is 56.2 Å². The molecule has 0 unspecified atom stereocenters. The van der Waals surface area contributed by atoms with Crippen molar-refractivity contribution in [2.24, 2.45) is 0 Å². The molecular formula is C20H24N2O3. The van der Waals surface area contributed by atoms with Crippen molar-refractivity contribution in [1.82, 2.24) is 5.32 Å². The number of hydrogen-bond donors (Lipinski definition) is 2. The van der Waals surface area contributed by atoms with Crippen molar-refractivity contribution in [3.8, 4) is 5.75 Å². The molecular weight excluding hydrogens is 316 g/mol. The fraction of sp³-hybridized carbons (Fsp3) is 0.300. The van der Waals surface area contributed by atoms with Crippen LogP contribution in [0, 0.1) is 6.92 Å². The second kappa shape index (κ2) is 8.33. The van der Waals surface area contributed by atoms with Crippen LogP contribution in [-0.4, -0.2) is 25.0 Å². The van der Waals surface area contributed by atoms with E-state index in [0.29, 0.717) is 16.8 Å². The van der Waals surface area contributed by atoms with Gasteiger partial charge < -0.3 is 15.4 Å². The number of carbonyl (C=O) groups is 2. The van der Waals surface area contributed by atoms with Crippen molar-refractivity contribution in [3.05, 3.63) is 59.2 Å². The number of hydrogen-bond acceptors (Lipinski definition) is 3. The zero-order valence-corrected chi connectivity index (χ0v) is 15.1. The molecule has 5 nitrogen and oxygen atoms in total. The summed E-state index contributed by atoms with van der Waals surface area (Å²) in [5.74, 6) is 0.260. The number of anilines is 1. The molecule has 0 bridgehead atoms. The van der Waals surface area contributed by atoms with Crippen LogP contribution < -0.4 is 15.4 Å². The van der Waals surface area contributed by atoms with Gasteiger partial charge in [-0.2, -0.15) is 0 Å². The lowest BCUT2D eigenvalue weighted by molar-refractivity contribution is 0.0940. The number of carbonyl (C=O) groups excluding carboxylic acids is 2. The van der Waals surface area contributed by atoms with Gasteiger partial charge in [-0.15, -0.1) is 0 Å². The summed E-state index contributed by atoms with van der Waals surface area (Å²) in [4.78, 5) is 24.9. The monoisotopic (exact) mass is 340 g/mol. The van der Waals surface area contributed by atoms with Crippen LogP contribution in [0.3, 0.4) is 0 Å². The van der Waals surface area contributed by atoms with Gasteiger partial charge in [0.25, 0.3) is 11.8 Å². The molecule has 2 aromatic rings. The molecule has 5 heteroatoms. The maximum atomic E-state index is 12.5. The Bertz CT molecular complexity index is 771. The SMILES string of the molecule is CC[C@@H](C)NC(=O)c1ccccc1NC(=O)c1ccc(OC)c(C)c1. The van der Waals surface area contributed by atoms with Gasteiger partial charge >= 0.3 is 0 Å². The second-order valence-electron chi connectivity index (χ2n) is 5.97. The smallest absolute Gasteiger partial charge is 0.255 e. The number of aryl methyl sites for hydroxylation is 1. The Morgan fingerprint density at radius 3 is 2.48 bits per heavy atom. The first kappa shape index (κ1) is 18.5. The van der Waals surface area contributed by atoms with Gasteiger partial charge in [0, 0.05) is 11.6 Å². The Labute approximate surface area is 148 Å². The third-order valence-electron chi connectivity index (χ3n) is 4.07. The Balaban J connectivity index is 2.21. The van der Waals surface area contributed by atoms with Crippen molar-refractivity contribution in [3.63, 3.8) is 0 Å². The zero-order chi connectivity index (χ0) is 18.4. The van der Waals surface area contributed by atoms with Crippen LogP contribution in [0.4, 0.5) is 5.69 Å². The molecule has 1 atom stereocenters. The summed E-state index contributed by atoms with van der Waals surface area (Å²) in [6.07, 6.45) is 0.839. The van der Waals surface area contributed by atoms with E-state index in [1.54, 1.807) is 49.6 Å². The highest BCUT2D eigenvalue weighted by molar-refractivity contribution is 6.09. The highest BCUT2D eigenvalue weighted by Gasteiger charge is 2.15. The highest BCUT2D eigenvalue weighted by atomic mass is 16.5. The van der Waals surface area contributed by atoms with E-state index in [-0.39, 0.29) is 17.9 Å². The minimum Gasteiger partial charge on any atom is -0.496 e. The third-order valence-corrected chi connectivity index (χ3v) is 4.07. The normalized spacial score (nSPS) is 11.5. The number of methoxy groups -OCH3 is 1. The number of para-hydroxylation sites is 1. The molecule has 0 aliphatic carbocycles. The van der Waals surface area contributed by atoms with Crippen LogP contribution in [-0.2, 0) is 0 Å². The molecule has 0 heterocycles. The van der Waals surface area contributed by atoms with Gasteiger partial charge in [0.05, 0.1) is 18.4 Å². The van der Waals surface area contributed by atoms with Crippen LogP contribution in [0.5, 0.6) is 5.75 Å². The Morgan fingerprint density at radius 1 is 1.12 bits per heavy atom. The summed E-state index contributed by atoms with van der Waals surface area (Å²) in [5.41, 5.74) is 2.32. The fourth-order valence-corrected chi connectivity index (χ4v) is 2.41. The van der Waals surface area contributed by atoms with E-state index in [2.05, 4.69) is 10.6 Å². The van der Waals surface area contributed by atoms with Crippen LogP contribution in [0.15, 0.2) is 42.5 Å². The molecule has 0 aromatic heterocycles. The molecule has 2 rings (SSSR count). The summed E-state index contributed by atoms with van der Waals surface area (Å²) >= 11 is 0. The largest absolute Gasteiger partial charge is 0.496 e. The Morgan fingerprint density at radius 2 is 1.84 bits per heavy atom. The quantitative estimate of drug-likeness (QED) is 0.841. The zero-order valence-electron chi connectivity index (χ0n) is 15.1. The van der Waals surface area contributed by atoms with Gasteiger partial charge in [0.2, 0.25) is 0 Å². The summed E-state index contributed by atoms with van der Waals surface area (Å²) < 4.78 is 5.21. The van der Waals surface area contributed by atoms with Gasteiger partial charge in [0.1, 0.15) is 5.75 Å². The third kappa shape index (κ3) is 4.59. The first-order chi connectivity index (χ1) is 12.0. The molecule has 2 aromatic carbocycles. The van der Waals surface area contributed by atoms with E-state index in [9.17, 15) is 9.59 Å². The van der Waals surface area contributed by atoms with Crippen molar-refractivity contribution < 1.29 is 14.3 Å². The van der Waals surface area contributed by atoms with E-state index < -0.39 is 0 Å². The second-order valence-corrected chi connectivity index (χ2v) is 5.97. The Kier molecular flexibility index (Phi) is 6.17. The lowest BCUT2D eigenvalue weighted by atomic mass is 10.1. The molecule has 0 radical (unpaired) electrons. The molecule has 0 saturated heterocycles. The topological polar surface area (TPSA) is 67.4 Å². The lowest BCUT2D eigenvalue weighted by Gasteiger charge is -2.15. The average molecular weight is 340 g/mol. The molecule has 0 fully saturated rings. The minimum atomic E-state index is -0.269. The van der Waals surface area contributed by atoms with Crippen LogP contribution in [0.2, 0.25) is 0 Å². The average Bonchev–Trinajstić information content (AvgIpc) is 2.61. The number of benzene rings is 2. The first-order valence-electron chi connectivity index (χ1n) is 8.32. The summed E-state index contributed by atoms with van der Waals surface area (Å²) in [6.45, 7) is 5.83. The Hall–Kier alpha value is -2.82. The number of rotatable bonds is 6. The lowest BCUT2D eigenvalue weighted by Crippen LogP contribution is -2.32. The number of nitrogens with one attached hydrogen (secondary N) is 2. The van der Waals surface area contributed by atoms with Crippen molar-refractivity contribution in [2.75, 3.05) is 12.4 Å². The highest BCUT2D eigenvalue weighted by Crippen LogP contribution is 2.21. The molecule has 0 aliphatic heterocycles. The van der Waals surface area contributed by atoms with E-state index in [4.69, 9.17) is 4.74 Å². The number of amides is 2. The molecule has 0 aliphatic rings. The molecule has 132 valence electrons. The summed E-state index contributed by atoms with van der Waals surface area (Å²) in [5, 5.41) is 5.74. The van der Waals surface area contributed by atoms with Crippen molar-refractivity contribution in [1.29, 1.82) is 0 Å². The van der Waals surface area contributed by atoms with E-state index in [1.165, 1.54) is 0 Å². The molecule has 0 spiro atoms. The maximum Gasteiger partial charge on any atom is 0.255 e. The summed E-state index contributed by atoms with van der Waals surface area (Å²) in [7, 11) is 1.59. The van der Waals surface area contributed by atoms with Gasteiger partial charge in [0.15, 0.2) is 0 Å². The molecule has 2 N–H and O–H groups in total. The molecule has 25 heavy (non-hydrogen) atoms. The minimum absolute atomic E-state index is 0.0699. The predicted octanol–water partition coefficient (Wildman–Crippen LogP) is 3.78. The van der Waals surface area contributed by atoms with Crippen molar-refractivity contribution >= 4 is 17.5 Å². The maximum absolute atomic E-state index is 12.5. The van der Waals surface area contributed by atoms with Gasteiger partial charge in [-0.3, -0.25) is 9.59 Å². The predicted molar refractivity (Wildman–Crippen MR) is 99.3 cm³/mol. The molecule has 0 saturated carbocycles. The van der Waals surface area contributed by atoms with Crippen LogP contribution in [0.25, 0.3) is 0 Å².